The number of carbonyl (C=O) groups excluding carboxylic acids is 3. The van der Waals surface area contributed by atoms with E-state index in [-0.39, 0.29) is 31.1 Å². The van der Waals surface area contributed by atoms with Crippen LogP contribution in [0.5, 0.6) is 0 Å². The van der Waals surface area contributed by atoms with Crippen LogP contribution in [0.25, 0.3) is 0 Å². The summed E-state index contributed by atoms with van der Waals surface area (Å²) < 4.78 is 16.7. The number of allylic oxidation sites excluding steroid dienone is 8. The molecule has 0 saturated heterocycles. The highest BCUT2D eigenvalue weighted by atomic mass is 16.6. The van der Waals surface area contributed by atoms with Gasteiger partial charge in [-0.05, 0) is 70.6 Å². The van der Waals surface area contributed by atoms with E-state index in [9.17, 15) is 14.4 Å². The summed E-state index contributed by atoms with van der Waals surface area (Å²) in [4.78, 5) is 37.8. The third-order valence-corrected chi connectivity index (χ3v) is 10.1. The number of rotatable bonds is 42. The van der Waals surface area contributed by atoms with Crippen LogP contribution in [-0.2, 0) is 28.6 Å². The lowest BCUT2D eigenvalue weighted by Crippen LogP contribution is -2.30. The van der Waals surface area contributed by atoms with Gasteiger partial charge < -0.3 is 14.2 Å². The number of unbranched alkanes of at least 4 members (excludes halogenated alkanes) is 23. The molecule has 0 aromatic heterocycles. The van der Waals surface area contributed by atoms with Crippen molar-refractivity contribution >= 4 is 17.9 Å². The van der Waals surface area contributed by atoms with Crippen molar-refractivity contribution in [2.45, 2.75) is 239 Å². The highest BCUT2D eigenvalue weighted by Gasteiger charge is 2.19. The van der Waals surface area contributed by atoms with Gasteiger partial charge in [0.1, 0.15) is 13.2 Å². The van der Waals surface area contributed by atoms with E-state index in [0.717, 1.165) is 103 Å². The van der Waals surface area contributed by atoms with Crippen LogP contribution in [0.3, 0.4) is 0 Å². The molecule has 0 amide bonds. The second-order valence-corrected chi connectivity index (χ2v) is 15.6. The van der Waals surface area contributed by atoms with Gasteiger partial charge in [-0.2, -0.15) is 0 Å². The molecule has 0 aliphatic rings. The van der Waals surface area contributed by atoms with Crippen molar-refractivity contribution in [3.05, 3.63) is 48.6 Å². The van der Waals surface area contributed by atoms with Gasteiger partial charge in [-0.25, -0.2) is 0 Å². The second-order valence-electron chi connectivity index (χ2n) is 15.6. The summed E-state index contributed by atoms with van der Waals surface area (Å²) in [5.41, 5.74) is 0. The first kappa shape index (κ1) is 53.4. The van der Waals surface area contributed by atoms with Crippen LogP contribution < -0.4 is 0 Å². The topological polar surface area (TPSA) is 78.9 Å². The largest absolute Gasteiger partial charge is 0.462 e. The Morgan fingerprint density at radius 3 is 1.16 bits per heavy atom. The Bertz CT molecular complexity index is 996. The monoisotopic (exact) mass is 785 g/mol. The zero-order chi connectivity index (χ0) is 40.8. The molecule has 324 valence electrons. The molecule has 0 fully saturated rings. The summed E-state index contributed by atoms with van der Waals surface area (Å²) in [6, 6.07) is 0. The smallest absolute Gasteiger partial charge is 0.306 e. The van der Waals surface area contributed by atoms with Crippen molar-refractivity contribution in [2.24, 2.45) is 0 Å². The highest BCUT2D eigenvalue weighted by Crippen LogP contribution is 2.14. The Balaban J connectivity index is 4.41. The van der Waals surface area contributed by atoms with Gasteiger partial charge in [0.25, 0.3) is 0 Å². The summed E-state index contributed by atoms with van der Waals surface area (Å²) in [7, 11) is 0. The Morgan fingerprint density at radius 1 is 0.375 bits per heavy atom. The van der Waals surface area contributed by atoms with Crippen LogP contribution in [0.2, 0.25) is 0 Å². The zero-order valence-electron chi connectivity index (χ0n) is 36.9. The van der Waals surface area contributed by atoms with E-state index in [2.05, 4.69) is 69.4 Å². The first-order chi connectivity index (χ1) is 27.5. The molecule has 6 heteroatoms. The number of hydrogen-bond donors (Lipinski definition) is 0. The summed E-state index contributed by atoms with van der Waals surface area (Å²) in [6.07, 6.45) is 52.3. The summed E-state index contributed by atoms with van der Waals surface area (Å²) >= 11 is 0. The number of esters is 3. The number of ether oxygens (including phenoxy) is 3. The minimum absolute atomic E-state index is 0.0811. The predicted molar refractivity (Wildman–Crippen MR) is 238 cm³/mol. The van der Waals surface area contributed by atoms with Gasteiger partial charge in [-0.1, -0.05) is 191 Å². The van der Waals surface area contributed by atoms with Crippen molar-refractivity contribution in [3.8, 4) is 0 Å². The maximum absolute atomic E-state index is 12.7. The molecule has 0 aromatic carbocycles. The molecular formula is C50H88O6. The van der Waals surface area contributed by atoms with Crippen molar-refractivity contribution in [2.75, 3.05) is 13.2 Å². The van der Waals surface area contributed by atoms with Gasteiger partial charge in [-0.15, -0.1) is 0 Å². The third-order valence-electron chi connectivity index (χ3n) is 10.1. The predicted octanol–water partition coefficient (Wildman–Crippen LogP) is 15.1. The molecule has 0 spiro atoms. The summed E-state index contributed by atoms with van der Waals surface area (Å²) in [5.74, 6) is -0.907. The molecule has 0 saturated carbocycles. The zero-order valence-corrected chi connectivity index (χ0v) is 36.9. The minimum atomic E-state index is -0.780. The first-order valence-corrected chi connectivity index (χ1v) is 23.6. The van der Waals surface area contributed by atoms with Crippen molar-refractivity contribution in [3.63, 3.8) is 0 Å². The molecule has 1 atom stereocenters. The third kappa shape index (κ3) is 42.5. The normalized spacial score (nSPS) is 12.4. The summed E-state index contributed by atoms with van der Waals surface area (Å²) in [5, 5.41) is 0. The maximum atomic E-state index is 12.7. The molecule has 0 heterocycles. The number of carbonyl (C=O) groups is 3. The van der Waals surface area contributed by atoms with Crippen LogP contribution in [0.15, 0.2) is 48.6 Å². The van der Waals surface area contributed by atoms with Gasteiger partial charge in [0.15, 0.2) is 6.10 Å². The lowest BCUT2D eigenvalue weighted by atomic mass is 10.0. The van der Waals surface area contributed by atoms with Crippen molar-refractivity contribution < 1.29 is 28.6 Å². The fraction of sp³-hybridized carbons (Fsp3) is 0.780. The van der Waals surface area contributed by atoms with E-state index in [1.165, 1.54) is 89.9 Å². The minimum Gasteiger partial charge on any atom is -0.462 e. The van der Waals surface area contributed by atoms with Crippen LogP contribution in [0.1, 0.15) is 233 Å². The molecule has 0 rings (SSSR count). The maximum Gasteiger partial charge on any atom is 0.306 e. The molecule has 0 radical (unpaired) electrons. The Morgan fingerprint density at radius 2 is 0.714 bits per heavy atom. The molecule has 6 nitrogen and oxygen atoms in total. The number of hydrogen-bond acceptors (Lipinski definition) is 6. The van der Waals surface area contributed by atoms with Crippen LogP contribution in [0.4, 0.5) is 0 Å². The Kier molecular flexibility index (Phi) is 43.0. The quantitative estimate of drug-likeness (QED) is 0.0265. The Labute approximate surface area is 346 Å². The van der Waals surface area contributed by atoms with Gasteiger partial charge >= 0.3 is 17.9 Å². The van der Waals surface area contributed by atoms with Gasteiger partial charge in [0.2, 0.25) is 0 Å². The van der Waals surface area contributed by atoms with Gasteiger partial charge in [0.05, 0.1) is 0 Å². The van der Waals surface area contributed by atoms with E-state index < -0.39 is 6.10 Å². The molecule has 0 unspecified atom stereocenters. The van der Waals surface area contributed by atoms with E-state index in [1.54, 1.807) is 0 Å². The molecule has 56 heavy (non-hydrogen) atoms. The molecule has 0 N–H and O–H groups in total. The van der Waals surface area contributed by atoms with Crippen molar-refractivity contribution in [1.82, 2.24) is 0 Å². The SMILES string of the molecule is CC/C=C\C/C=C\C/C=C\CCCCCCCC(=O)O[C@H](COC(=O)CCCCCCC/C=C\CCCC)COC(=O)CCCCCCCCCCCCCC. The highest BCUT2D eigenvalue weighted by molar-refractivity contribution is 5.71. The van der Waals surface area contributed by atoms with Crippen molar-refractivity contribution in [1.29, 1.82) is 0 Å². The molecular weight excluding hydrogens is 697 g/mol. The van der Waals surface area contributed by atoms with E-state index in [1.807, 2.05) is 0 Å². The molecule has 0 bridgehead atoms. The lowest BCUT2D eigenvalue weighted by molar-refractivity contribution is -0.167. The Hall–Kier alpha value is -2.63. The average molecular weight is 785 g/mol. The first-order valence-electron chi connectivity index (χ1n) is 23.6. The average Bonchev–Trinajstić information content (AvgIpc) is 3.19. The van der Waals surface area contributed by atoms with E-state index in [4.69, 9.17) is 14.2 Å². The standard InChI is InChI=1S/C50H88O6/c1-4-7-10-13-16-19-22-24-25-26-29-32-35-38-41-44-50(53)56-47(45-54-48(51)42-39-36-33-30-27-21-18-15-12-9-6-3)46-55-49(52)43-40-37-34-31-28-23-20-17-14-11-8-5-2/h7,10,15-16,18-19,24-25,47H,4-6,8-9,11-14,17,20-23,26-46H2,1-3H3/b10-7-,18-15-,19-16-,25-24-/t47-/m1/s1. The van der Waals surface area contributed by atoms with Crippen LogP contribution in [-0.4, -0.2) is 37.2 Å². The fourth-order valence-corrected chi connectivity index (χ4v) is 6.50. The van der Waals surface area contributed by atoms with Crippen LogP contribution in [0, 0.1) is 0 Å². The van der Waals surface area contributed by atoms with E-state index >= 15 is 0 Å². The second kappa shape index (κ2) is 45.1. The van der Waals surface area contributed by atoms with Gasteiger partial charge in [0, 0.05) is 19.3 Å². The molecule has 0 aliphatic heterocycles. The fourth-order valence-electron chi connectivity index (χ4n) is 6.50. The molecule has 0 aliphatic carbocycles. The van der Waals surface area contributed by atoms with Crippen LogP contribution >= 0.6 is 0 Å². The van der Waals surface area contributed by atoms with Gasteiger partial charge in [-0.3, -0.25) is 14.4 Å². The van der Waals surface area contributed by atoms with E-state index in [0.29, 0.717) is 19.3 Å². The molecule has 0 aromatic rings. The summed E-state index contributed by atoms with van der Waals surface area (Å²) in [6.45, 7) is 6.46. The lowest BCUT2D eigenvalue weighted by Gasteiger charge is -2.18.